The molecule has 3 aromatic rings. The van der Waals surface area contributed by atoms with Gasteiger partial charge in [0.25, 0.3) is 0 Å². The van der Waals surface area contributed by atoms with Crippen LogP contribution in [-0.2, 0) is 6.61 Å². The number of benzene rings is 3. The molecule has 0 atom stereocenters. The molecule has 5 heteroatoms. The Labute approximate surface area is 181 Å². The number of fused-ring (bicyclic) bond motifs is 1. The Morgan fingerprint density at radius 1 is 1.00 bits per heavy atom. The van der Waals surface area contributed by atoms with Gasteiger partial charge < -0.3 is 14.4 Å². The lowest BCUT2D eigenvalue weighted by molar-refractivity contribution is 0.101. The number of Topliss-reactive ketones (excluding diaryl/α,β-unsaturated/α-hetero) is 1. The number of hydrogen-bond donors (Lipinski definition) is 0. The number of halogens is 1. The maximum atomic E-state index is 13.8. The van der Waals surface area contributed by atoms with E-state index >= 15 is 0 Å². The summed E-state index contributed by atoms with van der Waals surface area (Å²) in [4.78, 5) is 15.0. The minimum atomic E-state index is -0.313. The van der Waals surface area contributed by atoms with Crippen molar-refractivity contribution in [3.05, 3.63) is 95.0 Å². The van der Waals surface area contributed by atoms with Gasteiger partial charge in [-0.1, -0.05) is 30.3 Å². The Bertz CT molecular complexity index is 1120. The third-order valence-electron chi connectivity index (χ3n) is 5.31. The molecular weight excluding hydrogens is 393 g/mol. The molecule has 0 spiro atoms. The van der Waals surface area contributed by atoms with Gasteiger partial charge >= 0.3 is 0 Å². The zero-order valence-corrected chi connectivity index (χ0v) is 17.6. The van der Waals surface area contributed by atoms with Gasteiger partial charge in [-0.05, 0) is 55.8 Å². The van der Waals surface area contributed by atoms with Crippen molar-refractivity contribution in [2.45, 2.75) is 20.5 Å². The molecule has 0 radical (unpaired) electrons. The summed E-state index contributed by atoms with van der Waals surface area (Å²) in [5, 5.41) is 0. The molecule has 4 nitrogen and oxygen atoms in total. The average Bonchev–Trinajstić information content (AvgIpc) is 3.09. The summed E-state index contributed by atoms with van der Waals surface area (Å²) in [6.45, 7) is 6.22. The maximum Gasteiger partial charge on any atom is 0.231 e. The summed E-state index contributed by atoms with van der Waals surface area (Å²) in [6.07, 6.45) is 1.74. The summed E-state index contributed by atoms with van der Waals surface area (Å²) in [6, 6.07) is 19.5. The molecule has 0 bridgehead atoms. The van der Waals surface area contributed by atoms with Crippen molar-refractivity contribution in [2.24, 2.45) is 0 Å². The molecule has 1 aliphatic heterocycles. The predicted octanol–water partition coefficient (Wildman–Crippen LogP) is 5.87. The van der Waals surface area contributed by atoms with Crippen LogP contribution < -0.4 is 14.4 Å². The molecule has 4 rings (SSSR count). The van der Waals surface area contributed by atoms with Crippen molar-refractivity contribution < 1.29 is 18.7 Å². The normalized spacial score (nSPS) is 13.8. The third kappa shape index (κ3) is 4.45. The Morgan fingerprint density at radius 3 is 2.45 bits per heavy atom. The highest BCUT2D eigenvalue weighted by atomic mass is 19.1. The van der Waals surface area contributed by atoms with Gasteiger partial charge in [-0.15, -0.1) is 0 Å². The minimum Gasteiger partial charge on any atom is -0.489 e. The van der Waals surface area contributed by atoms with Crippen molar-refractivity contribution in [1.82, 2.24) is 0 Å². The molecule has 0 saturated carbocycles. The molecular formula is C26H24FNO3. The highest BCUT2D eigenvalue weighted by Gasteiger charge is 2.27. The zero-order chi connectivity index (χ0) is 21.8. The molecule has 1 heterocycles. The molecule has 0 unspecified atom stereocenters. The first-order chi connectivity index (χ1) is 15.1. The molecule has 31 heavy (non-hydrogen) atoms. The van der Waals surface area contributed by atoms with E-state index < -0.39 is 0 Å². The van der Waals surface area contributed by atoms with Crippen molar-refractivity contribution in [2.75, 3.05) is 18.0 Å². The van der Waals surface area contributed by atoms with Gasteiger partial charge in [0.05, 0.1) is 5.56 Å². The number of carbonyl (C=O) groups excluding carboxylic acids is 1. The summed E-state index contributed by atoms with van der Waals surface area (Å²) >= 11 is 0. The predicted molar refractivity (Wildman–Crippen MR) is 120 cm³/mol. The molecule has 158 valence electrons. The van der Waals surface area contributed by atoms with Gasteiger partial charge in [0, 0.05) is 30.4 Å². The van der Waals surface area contributed by atoms with Gasteiger partial charge in [-0.2, -0.15) is 0 Å². The van der Waals surface area contributed by atoms with E-state index in [-0.39, 0.29) is 24.0 Å². The number of carbonyl (C=O) groups is 1. The number of allylic oxidation sites excluding steroid dienone is 1. The fourth-order valence-corrected chi connectivity index (χ4v) is 3.56. The van der Waals surface area contributed by atoms with Crippen LogP contribution in [0, 0.1) is 5.82 Å². The molecule has 0 aliphatic carbocycles. The van der Waals surface area contributed by atoms with Gasteiger partial charge in [-0.3, -0.25) is 4.79 Å². The number of ether oxygens (including phenoxy) is 2. The Morgan fingerprint density at radius 2 is 1.74 bits per heavy atom. The Kier molecular flexibility index (Phi) is 6.03. The maximum absolute atomic E-state index is 13.8. The van der Waals surface area contributed by atoms with E-state index in [0.29, 0.717) is 22.6 Å². The number of nitrogens with zero attached hydrogens (tertiary/aromatic N) is 1. The van der Waals surface area contributed by atoms with Crippen LogP contribution in [0.15, 0.2) is 72.5 Å². The molecule has 0 saturated heterocycles. The molecule has 3 aromatic carbocycles. The number of hydrogen-bond acceptors (Lipinski definition) is 4. The first-order valence-electron chi connectivity index (χ1n) is 10.4. The van der Waals surface area contributed by atoms with Crippen molar-refractivity contribution >= 4 is 17.5 Å². The van der Waals surface area contributed by atoms with Crippen LogP contribution in [0.1, 0.15) is 35.3 Å². The van der Waals surface area contributed by atoms with E-state index in [1.54, 1.807) is 42.5 Å². The molecule has 0 N–H and O–H groups in total. The molecule has 0 amide bonds. The topological polar surface area (TPSA) is 38.8 Å². The van der Waals surface area contributed by atoms with Gasteiger partial charge in [0.1, 0.15) is 23.9 Å². The third-order valence-corrected chi connectivity index (χ3v) is 5.31. The van der Waals surface area contributed by atoms with Crippen LogP contribution in [0.2, 0.25) is 0 Å². The monoisotopic (exact) mass is 417 g/mol. The average molecular weight is 417 g/mol. The van der Waals surface area contributed by atoms with Gasteiger partial charge in [0.15, 0.2) is 5.76 Å². The van der Waals surface area contributed by atoms with E-state index in [9.17, 15) is 9.18 Å². The summed E-state index contributed by atoms with van der Waals surface area (Å²) in [5.74, 6) is 0.759. The highest BCUT2D eigenvalue weighted by Crippen LogP contribution is 2.35. The van der Waals surface area contributed by atoms with Crippen LogP contribution in [0.3, 0.4) is 0 Å². The Hall–Kier alpha value is -3.60. The first-order valence-corrected chi connectivity index (χ1v) is 10.4. The van der Waals surface area contributed by atoms with E-state index in [4.69, 9.17) is 9.47 Å². The van der Waals surface area contributed by atoms with E-state index in [1.165, 1.54) is 6.07 Å². The lowest BCUT2D eigenvalue weighted by Gasteiger charge is -2.20. The quantitative estimate of drug-likeness (QED) is 0.451. The fourth-order valence-electron chi connectivity index (χ4n) is 3.56. The fraction of sp³-hybridized carbons (Fsp3) is 0.192. The van der Waals surface area contributed by atoms with Crippen molar-refractivity contribution in [3.8, 4) is 11.5 Å². The van der Waals surface area contributed by atoms with Crippen molar-refractivity contribution in [3.63, 3.8) is 0 Å². The number of anilines is 1. The smallest absolute Gasteiger partial charge is 0.231 e. The standard InChI is InChI=1S/C26H24FNO3/c1-3-28(4-2)20-11-9-18(10-12-20)15-25-26(29)22-14-13-21(16-24(22)31-25)30-17-19-7-5-6-8-23(19)27/h5-16H,3-4,17H2,1-2H3/b25-15-. The summed E-state index contributed by atoms with van der Waals surface area (Å²) in [7, 11) is 0. The second kappa shape index (κ2) is 9.04. The second-order valence-electron chi connectivity index (χ2n) is 7.24. The highest BCUT2D eigenvalue weighted by molar-refractivity contribution is 6.14. The number of rotatable bonds is 7. The van der Waals surface area contributed by atoms with E-state index in [1.807, 2.05) is 24.3 Å². The first kappa shape index (κ1) is 20.7. The SMILES string of the molecule is CCN(CC)c1ccc(/C=C2\Oc3cc(OCc4ccccc4F)ccc3C2=O)cc1. The van der Waals surface area contributed by atoms with Crippen LogP contribution in [0.4, 0.5) is 10.1 Å². The molecule has 1 aliphatic rings. The van der Waals surface area contributed by atoms with Crippen LogP contribution in [0.25, 0.3) is 6.08 Å². The van der Waals surface area contributed by atoms with Gasteiger partial charge in [0.2, 0.25) is 5.78 Å². The van der Waals surface area contributed by atoms with E-state index in [0.717, 1.165) is 24.3 Å². The van der Waals surface area contributed by atoms with Crippen LogP contribution in [-0.4, -0.2) is 18.9 Å². The largest absolute Gasteiger partial charge is 0.489 e. The van der Waals surface area contributed by atoms with Gasteiger partial charge in [-0.25, -0.2) is 4.39 Å². The zero-order valence-electron chi connectivity index (χ0n) is 17.6. The summed E-state index contributed by atoms with van der Waals surface area (Å²) in [5.41, 5.74) is 2.99. The van der Waals surface area contributed by atoms with Crippen molar-refractivity contribution in [1.29, 1.82) is 0 Å². The van der Waals surface area contributed by atoms with E-state index in [2.05, 4.69) is 18.7 Å². The number of ketones is 1. The summed E-state index contributed by atoms with van der Waals surface area (Å²) < 4.78 is 25.3. The van der Waals surface area contributed by atoms with Crippen LogP contribution >= 0.6 is 0 Å². The van der Waals surface area contributed by atoms with Crippen LogP contribution in [0.5, 0.6) is 11.5 Å². The lowest BCUT2D eigenvalue weighted by Crippen LogP contribution is -2.21. The second-order valence-corrected chi connectivity index (χ2v) is 7.24. The minimum absolute atomic E-state index is 0.0982. The lowest BCUT2D eigenvalue weighted by atomic mass is 10.1. The molecule has 0 aromatic heterocycles. The molecule has 0 fully saturated rings. The Balaban J connectivity index is 1.48.